The number of ether oxygens (including phenoxy) is 4. The summed E-state index contributed by atoms with van der Waals surface area (Å²) in [6, 6.07) is 6.17. The van der Waals surface area contributed by atoms with Gasteiger partial charge in [0.05, 0.1) is 42.2 Å². The number of H-pyrrole nitrogens is 1. The molecule has 0 aliphatic carbocycles. The Bertz CT molecular complexity index is 1090. The van der Waals surface area contributed by atoms with Crippen molar-refractivity contribution in [2.45, 2.75) is 24.7 Å². The van der Waals surface area contributed by atoms with E-state index in [1.54, 1.807) is 6.20 Å². The van der Waals surface area contributed by atoms with Crippen molar-refractivity contribution in [2.24, 2.45) is 0 Å². The van der Waals surface area contributed by atoms with E-state index in [4.69, 9.17) is 30.5 Å². The maximum Gasteiger partial charge on any atom is 0.296 e. The average molecular weight is 444 g/mol. The number of imidazole rings is 1. The number of hydrogen-bond acceptors (Lipinski definition) is 8. The highest BCUT2D eigenvalue weighted by molar-refractivity contribution is 6.33. The van der Waals surface area contributed by atoms with Gasteiger partial charge in [-0.15, -0.1) is 0 Å². The number of morpholine rings is 1. The number of fused-ring (bicyclic) bond motifs is 2. The van der Waals surface area contributed by atoms with Crippen LogP contribution in [0.3, 0.4) is 0 Å². The van der Waals surface area contributed by atoms with Gasteiger partial charge in [-0.25, -0.2) is 9.97 Å². The van der Waals surface area contributed by atoms with E-state index in [-0.39, 0.29) is 18.3 Å². The first kappa shape index (κ1) is 19.2. The van der Waals surface area contributed by atoms with Crippen LogP contribution in [-0.2, 0) is 14.2 Å². The molecule has 0 radical (unpaired) electrons. The van der Waals surface area contributed by atoms with Crippen molar-refractivity contribution in [3.05, 3.63) is 29.4 Å². The van der Waals surface area contributed by atoms with Gasteiger partial charge in [-0.3, -0.25) is 0 Å². The minimum absolute atomic E-state index is 0.0450. The molecular formula is C21H22ClN5O4. The van der Waals surface area contributed by atoms with E-state index in [1.165, 1.54) is 0 Å². The lowest BCUT2D eigenvalue weighted by Crippen LogP contribution is -2.36. The summed E-state index contributed by atoms with van der Waals surface area (Å²) in [7, 11) is 0. The summed E-state index contributed by atoms with van der Waals surface area (Å²) in [4.78, 5) is 19.1. The monoisotopic (exact) mass is 443 g/mol. The van der Waals surface area contributed by atoms with Gasteiger partial charge >= 0.3 is 0 Å². The predicted octanol–water partition coefficient (Wildman–Crippen LogP) is 2.45. The second-order valence-electron chi connectivity index (χ2n) is 7.89. The molecule has 0 unspecified atom stereocenters. The molecule has 3 aliphatic rings. The zero-order valence-corrected chi connectivity index (χ0v) is 17.5. The lowest BCUT2D eigenvalue weighted by Gasteiger charge is -2.27. The Morgan fingerprint density at radius 1 is 1.13 bits per heavy atom. The van der Waals surface area contributed by atoms with E-state index >= 15 is 0 Å². The summed E-state index contributed by atoms with van der Waals surface area (Å²) in [5, 5.41) is 0.520. The molecule has 3 aliphatic heterocycles. The lowest BCUT2D eigenvalue weighted by atomic mass is 10.1. The number of aromatic nitrogens is 4. The van der Waals surface area contributed by atoms with Crippen molar-refractivity contribution in [1.82, 2.24) is 19.9 Å². The highest BCUT2D eigenvalue weighted by atomic mass is 35.5. The van der Waals surface area contributed by atoms with Crippen LogP contribution in [0.1, 0.15) is 6.42 Å². The molecule has 9 nitrogen and oxygen atoms in total. The van der Waals surface area contributed by atoms with Crippen LogP contribution in [0.2, 0.25) is 5.02 Å². The van der Waals surface area contributed by atoms with E-state index in [9.17, 15) is 0 Å². The van der Waals surface area contributed by atoms with Crippen LogP contribution in [0, 0.1) is 0 Å². The van der Waals surface area contributed by atoms with Gasteiger partial charge in [-0.2, -0.15) is 4.98 Å². The Morgan fingerprint density at radius 3 is 2.87 bits per heavy atom. The quantitative estimate of drug-likeness (QED) is 0.657. The van der Waals surface area contributed by atoms with Crippen LogP contribution < -0.4 is 9.64 Å². The molecule has 3 aromatic heterocycles. The molecule has 3 fully saturated rings. The van der Waals surface area contributed by atoms with Gasteiger partial charge in [-0.1, -0.05) is 11.6 Å². The summed E-state index contributed by atoms with van der Waals surface area (Å²) in [6.07, 6.45) is 2.59. The standard InChI is InChI=1S/C21H22ClN5O4/c22-13-9-14-20(26-21(24-14)31-16-11-30-15-3-6-29-19(15)16)25-18(13)12-1-2-17(23-10-12)27-4-7-28-8-5-27/h1-2,9-10,15-16,19H,3-8,11H2,(H,24,25,26)/t15-,16-,19+/m1/s1. The highest BCUT2D eigenvalue weighted by Crippen LogP contribution is 2.32. The topological polar surface area (TPSA) is 94.6 Å². The zero-order valence-electron chi connectivity index (χ0n) is 16.8. The maximum absolute atomic E-state index is 6.53. The van der Waals surface area contributed by atoms with Crippen LogP contribution in [0.15, 0.2) is 24.4 Å². The van der Waals surface area contributed by atoms with E-state index in [0.29, 0.717) is 41.1 Å². The van der Waals surface area contributed by atoms with E-state index in [0.717, 1.165) is 44.1 Å². The third-order valence-corrected chi connectivity index (χ3v) is 6.23. The van der Waals surface area contributed by atoms with Crippen LogP contribution >= 0.6 is 11.6 Å². The van der Waals surface area contributed by atoms with Crippen molar-refractivity contribution in [2.75, 3.05) is 44.4 Å². The molecule has 0 bridgehead atoms. The lowest BCUT2D eigenvalue weighted by molar-refractivity contribution is 0.0273. The molecule has 1 N–H and O–H groups in total. The molecule has 0 amide bonds. The highest BCUT2D eigenvalue weighted by Gasteiger charge is 2.43. The van der Waals surface area contributed by atoms with Gasteiger partial charge < -0.3 is 28.8 Å². The second-order valence-corrected chi connectivity index (χ2v) is 8.30. The van der Waals surface area contributed by atoms with Gasteiger partial charge in [0.2, 0.25) is 0 Å². The summed E-state index contributed by atoms with van der Waals surface area (Å²) in [6.45, 7) is 4.31. The molecule has 3 atom stereocenters. The Labute approximate surface area is 183 Å². The van der Waals surface area contributed by atoms with Crippen molar-refractivity contribution in [3.8, 4) is 17.3 Å². The number of hydrogen-bond donors (Lipinski definition) is 1. The molecule has 6 rings (SSSR count). The molecule has 31 heavy (non-hydrogen) atoms. The SMILES string of the molecule is Clc1cc2[nH]c(O[C@@H]3CO[C@@H]4CCO[C@@H]43)nc2nc1-c1ccc(N2CCOCC2)nc1. The first-order valence-electron chi connectivity index (χ1n) is 10.5. The van der Waals surface area contributed by atoms with Gasteiger partial charge in [0.15, 0.2) is 11.8 Å². The fraction of sp³-hybridized carbons (Fsp3) is 0.476. The third-order valence-electron chi connectivity index (χ3n) is 5.94. The summed E-state index contributed by atoms with van der Waals surface area (Å²) >= 11 is 6.53. The van der Waals surface area contributed by atoms with Crippen LogP contribution in [0.5, 0.6) is 6.01 Å². The molecule has 3 aromatic rings. The predicted molar refractivity (Wildman–Crippen MR) is 114 cm³/mol. The van der Waals surface area contributed by atoms with Gasteiger partial charge in [0.25, 0.3) is 6.01 Å². The first-order valence-corrected chi connectivity index (χ1v) is 10.9. The number of rotatable bonds is 4. The molecule has 3 saturated heterocycles. The molecule has 162 valence electrons. The van der Waals surface area contributed by atoms with E-state index < -0.39 is 0 Å². The molecular weight excluding hydrogens is 422 g/mol. The molecule has 0 aromatic carbocycles. The Hall–Kier alpha value is -2.46. The molecule has 0 saturated carbocycles. The number of anilines is 1. The Morgan fingerprint density at radius 2 is 2.03 bits per heavy atom. The van der Waals surface area contributed by atoms with Crippen molar-refractivity contribution in [3.63, 3.8) is 0 Å². The van der Waals surface area contributed by atoms with Crippen LogP contribution in [-0.4, -0.2) is 77.8 Å². The van der Waals surface area contributed by atoms with Crippen molar-refractivity contribution in [1.29, 1.82) is 0 Å². The fourth-order valence-corrected chi connectivity index (χ4v) is 4.59. The maximum atomic E-state index is 6.53. The van der Waals surface area contributed by atoms with Crippen molar-refractivity contribution < 1.29 is 18.9 Å². The van der Waals surface area contributed by atoms with Gasteiger partial charge in [-0.05, 0) is 24.6 Å². The van der Waals surface area contributed by atoms with E-state index in [2.05, 4.69) is 24.8 Å². The summed E-state index contributed by atoms with van der Waals surface area (Å²) in [5.41, 5.74) is 2.72. The minimum Gasteiger partial charge on any atom is -0.456 e. The van der Waals surface area contributed by atoms with E-state index in [1.807, 2.05) is 18.2 Å². The Kier molecular flexibility index (Phi) is 4.91. The third kappa shape index (κ3) is 3.61. The summed E-state index contributed by atoms with van der Waals surface area (Å²) in [5.74, 6) is 0.922. The second kappa shape index (κ2) is 7.90. The van der Waals surface area contributed by atoms with Gasteiger partial charge in [0, 0.05) is 31.5 Å². The zero-order chi connectivity index (χ0) is 20.8. The average Bonchev–Trinajstić information content (AvgIpc) is 3.51. The number of aromatic amines is 1. The first-order chi connectivity index (χ1) is 15.2. The Balaban J connectivity index is 1.24. The van der Waals surface area contributed by atoms with Crippen LogP contribution in [0.4, 0.5) is 5.82 Å². The molecule has 0 spiro atoms. The number of pyridine rings is 2. The van der Waals surface area contributed by atoms with Crippen LogP contribution in [0.25, 0.3) is 22.4 Å². The number of nitrogens with one attached hydrogen (secondary N) is 1. The largest absolute Gasteiger partial charge is 0.456 e. The number of halogens is 1. The summed E-state index contributed by atoms with van der Waals surface area (Å²) < 4.78 is 22.9. The smallest absolute Gasteiger partial charge is 0.296 e. The molecule has 10 heteroatoms. The van der Waals surface area contributed by atoms with Crippen molar-refractivity contribution >= 4 is 28.6 Å². The minimum atomic E-state index is -0.181. The molecule has 6 heterocycles. The number of nitrogens with zero attached hydrogens (tertiary/aromatic N) is 4. The van der Waals surface area contributed by atoms with Gasteiger partial charge in [0.1, 0.15) is 11.9 Å². The normalized spacial score (nSPS) is 25.8. The fourth-order valence-electron chi connectivity index (χ4n) is 4.33.